The molecule has 7 nitrogen and oxygen atoms in total. The van der Waals surface area contributed by atoms with Crippen molar-refractivity contribution in [1.82, 2.24) is 24.4 Å². The zero-order valence-corrected chi connectivity index (χ0v) is 16.6. The maximum atomic E-state index is 13.5. The summed E-state index contributed by atoms with van der Waals surface area (Å²) in [5.41, 5.74) is 0.883. The third-order valence-corrected chi connectivity index (χ3v) is 6.19. The number of nitrogens with zero attached hydrogens (tertiary/aromatic N) is 5. The Balaban J connectivity index is 1.73. The molecule has 28 heavy (non-hydrogen) atoms. The van der Waals surface area contributed by atoms with E-state index in [1.807, 2.05) is 11.8 Å². The van der Waals surface area contributed by atoms with Crippen LogP contribution in [-0.2, 0) is 11.2 Å². The quantitative estimate of drug-likeness (QED) is 0.724. The van der Waals surface area contributed by atoms with Crippen molar-refractivity contribution in [3.8, 4) is 5.88 Å². The van der Waals surface area contributed by atoms with Gasteiger partial charge in [-0.05, 0) is 17.7 Å². The molecule has 3 heterocycles. The molecule has 1 fully saturated rings. The van der Waals surface area contributed by atoms with Gasteiger partial charge in [0, 0.05) is 39.5 Å². The second kappa shape index (κ2) is 7.48. The zero-order chi connectivity index (χ0) is 19.8. The third kappa shape index (κ3) is 3.35. The summed E-state index contributed by atoms with van der Waals surface area (Å²) in [6.07, 6.45) is 0.692. The highest BCUT2D eigenvalue weighted by atomic mass is 32.1. The van der Waals surface area contributed by atoms with Crippen LogP contribution < -0.4 is 0 Å². The second-order valence-electron chi connectivity index (χ2n) is 6.86. The van der Waals surface area contributed by atoms with Gasteiger partial charge in [-0.25, -0.2) is 9.37 Å². The van der Waals surface area contributed by atoms with E-state index in [4.69, 9.17) is 0 Å². The van der Waals surface area contributed by atoms with Crippen LogP contribution in [0.1, 0.15) is 36.2 Å². The highest BCUT2D eigenvalue weighted by molar-refractivity contribution is 7.17. The Bertz CT molecular complexity index is 992. The van der Waals surface area contributed by atoms with Gasteiger partial charge in [0.15, 0.2) is 5.82 Å². The minimum atomic E-state index is -0.302. The van der Waals surface area contributed by atoms with Gasteiger partial charge >= 0.3 is 0 Å². The zero-order valence-electron chi connectivity index (χ0n) is 15.8. The maximum Gasteiger partial charge on any atom is 0.230 e. The summed E-state index contributed by atoms with van der Waals surface area (Å²) in [6.45, 7) is 6.10. The Labute approximate surface area is 166 Å². The van der Waals surface area contributed by atoms with Gasteiger partial charge in [-0.15, -0.1) is 5.10 Å². The predicted molar refractivity (Wildman–Crippen MR) is 104 cm³/mol. The van der Waals surface area contributed by atoms with Crippen LogP contribution >= 0.6 is 11.3 Å². The van der Waals surface area contributed by atoms with Crippen molar-refractivity contribution < 1.29 is 14.3 Å². The fourth-order valence-electron chi connectivity index (χ4n) is 3.59. The first kappa shape index (κ1) is 18.8. The van der Waals surface area contributed by atoms with Gasteiger partial charge in [0.05, 0.1) is 10.9 Å². The molecule has 1 saturated heterocycles. The molecule has 0 aliphatic carbocycles. The number of hydrogen-bond donors (Lipinski definition) is 1. The molecule has 148 valence electrons. The first-order valence-electron chi connectivity index (χ1n) is 9.30. The summed E-state index contributed by atoms with van der Waals surface area (Å²) in [6, 6.07) is 6.08. The van der Waals surface area contributed by atoms with Crippen LogP contribution in [-0.4, -0.2) is 61.6 Å². The Morgan fingerprint density at radius 2 is 1.93 bits per heavy atom. The van der Waals surface area contributed by atoms with E-state index in [1.54, 1.807) is 19.1 Å². The van der Waals surface area contributed by atoms with Crippen LogP contribution in [0.4, 0.5) is 4.39 Å². The summed E-state index contributed by atoms with van der Waals surface area (Å²) in [4.78, 5) is 21.5. The first-order chi connectivity index (χ1) is 13.5. The summed E-state index contributed by atoms with van der Waals surface area (Å²) in [5, 5.41) is 15.2. The van der Waals surface area contributed by atoms with Crippen LogP contribution in [0.5, 0.6) is 5.88 Å². The highest BCUT2D eigenvalue weighted by Crippen LogP contribution is 2.40. The number of aromatic nitrogens is 3. The lowest BCUT2D eigenvalue weighted by Crippen LogP contribution is -2.49. The van der Waals surface area contributed by atoms with Crippen molar-refractivity contribution in [2.45, 2.75) is 26.3 Å². The van der Waals surface area contributed by atoms with Crippen molar-refractivity contribution in [1.29, 1.82) is 0 Å². The molecular formula is C19H22FN5O2S. The van der Waals surface area contributed by atoms with Gasteiger partial charge in [0.1, 0.15) is 5.82 Å². The molecule has 9 heteroatoms. The predicted octanol–water partition coefficient (Wildman–Crippen LogP) is 2.45. The minimum Gasteiger partial charge on any atom is -0.492 e. The fraction of sp³-hybridized carbons (Fsp3) is 0.421. The number of carbonyl (C=O) groups is 1. The molecule has 1 aliphatic rings. The lowest BCUT2D eigenvalue weighted by molar-refractivity contribution is -0.130. The topological polar surface area (TPSA) is 74.0 Å². The molecule has 0 spiro atoms. The molecule has 0 radical (unpaired) electrons. The lowest BCUT2D eigenvalue weighted by Gasteiger charge is -2.38. The molecule has 0 saturated carbocycles. The van der Waals surface area contributed by atoms with E-state index in [-0.39, 0.29) is 23.6 Å². The number of halogens is 1. The average Bonchev–Trinajstić information content (AvgIpc) is 3.23. The number of amides is 1. The summed E-state index contributed by atoms with van der Waals surface area (Å²) in [5.74, 6) is 0.507. The normalized spacial score (nSPS) is 16.6. The number of aromatic hydroxyl groups is 1. The van der Waals surface area contributed by atoms with E-state index in [0.717, 1.165) is 10.4 Å². The van der Waals surface area contributed by atoms with Gasteiger partial charge < -0.3 is 10.0 Å². The Morgan fingerprint density at radius 3 is 2.50 bits per heavy atom. The van der Waals surface area contributed by atoms with Crippen LogP contribution in [0.25, 0.3) is 4.96 Å². The average molecular weight is 403 g/mol. The molecule has 4 rings (SSSR count). The Kier molecular flexibility index (Phi) is 5.03. The second-order valence-corrected chi connectivity index (χ2v) is 7.87. The first-order valence-corrected chi connectivity index (χ1v) is 10.1. The molecule has 0 unspecified atom stereocenters. The standard InChI is InChI=1S/C19H22FN5O2S/c1-3-15-21-19-25(22-15)18(27)17(28-19)16(13-4-6-14(20)7-5-13)24-10-8-23(9-11-24)12(2)26/h4-7,16,27H,3,8-11H2,1-2H3/t16-/m0/s1. The molecule has 0 bridgehead atoms. The van der Waals surface area contributed by atoms with Crippen molar-refractivity contribution in [2.24, 2.45) is 0 Å². The molecular weight excluding hydrogens is 381 g/mol. The summed E-state index contributed by atoms with van der Waals surface area (Å²) < 4.78 is 15.0. The van der Waals surface area contributed by atoms with Crippen molar-refractivity contribution >= 4 is 22.2 Å². The number of rotatable bonds is 4. The minimum absolute atomic E-state index is 0.0618. The molecule has 1 aromatic carbocycles. The molecule has 1 N–H and O–H groups in total. The van der Waals surface area contributed by atoms with Crippen molar-refractivity contribution in [2.75, 3.05) is 26.2 Å². The highest BCUT2D eigenvalue weighted by Gasteiger charge is 2.32. The smallest absolute Gasteiger partial charge is 0.230 e. The van der Waals surface area contributed by atoms with E-state index >= 15 is 0 Å². The molecule has 1 amide bonds. The van der Waals surface area contributed by atoms with Gasteiger partial charge in [-0.2, -0.15) is 4.52 Å². The number of benzene rings is 1. The van der Waals surface area contributed by atoms with Crippen LogP contribution in [0.3, 0.4) is 0 Å². The Morgan fingerprint density at radius 1 is 1.25 bits per heavy atom. The number of fused-ring (bicyclic) bond motifs is 1. The lowest BCUT2D eigenvalue weighted by atomic mass is 10.0. The van der Waals surface area contributed by atoms with Gasteiger partial charge in [0.2, 0.25) is 16.7 Å². The van der Waals surface area contributed by atoms with Crippen LogP contribution in [0.2, 0.25) is 0 Å². The van der Waals surface area contributed by atoms with Crippen molar-refractivity contribution in [3.05, 3.63) is 46.3 Å². The fourth-order valence-corrected chi connectivity index (χ4v) is 4.72. The van der Waals surface area contributed by atoms with E-state index in [1.165, 1.54) is 28.0 Å². The van der Waals surface area contributed by atoms with E-state index in [9.17, 15) is 14.3 Å². The van der Waals surface area contributed by atoms with E-state index in [2.05, 4.69) is 15.0 Å². The number of hydrogen-bond acceptors (Lipinski definition) is 6. The summed E-state index contributed by atoms with van der Waals surface area (Å²) in [7, 11) is 0. The largest absolute Gasteiger partial charge is 0.492 e. The van der Waals surface area contributed by atoms with E-state index in [0.29, 0.717) is 43.4 Å². The monoisotopic (exact) mass is 403 g/mol. The van der Waals surface area contributed by atoms with Crippen LogP contribution in [0, 0.1) is 5.82 Å². The molecule has 3 aromatic rings. The van der Waals surface area contributed by atoms with Gasteiger partial charge in [-0.1, -0.05) is 30.4 Å². The number of carbonyl (C=O) groups excluding carboxylic acids is 1. The maximum absolute atomic E-state index is 13.5. The van der Waals surface area contributed by atoms with Crippen LogP contribution in [0.15, 0.2) is 24.3 Å². The molecule has 1 atom stereocenters. The summed E-state index contributed by atoms with van der Waals surface area (Å²) >= 11 is 1.39. The third-order valence-electron chi connectivity index (χ3n) is 5.12. The number of thiazole rings is 1. The van der Waals surface area contributed by atoms with Gasteiger partial charge in [0.25, 0.3) is 0 Å². The number of aryl methyl sites for hydroxylation is 1. The molecule has 2 aromatic heterocycles. The number of piperazine rings is 1. The van der Waals surface area contributed by atoms with Crippen molar-refractivity contribution in [3.63, 3.8) is 0 Å². The molecule has 1 aliphatic heterocycles. The van der Waals surface area contributed by atoms with E-state index < -0.39 is 0 Å². The Hall–Kier alpha value is -2.52. The van der Waals surface area contributed by atoms with Gasteiger partial charge in [-0.3, -0.25) is 9.69 Å². The SMILES string of the molecule is CCc1nc2sc([C@H](c3ccc(F)cc3)N3CCN(C(C)=O)CC3)c(O)n2n1.